The van der Waals surface area contributed by atoms with Crippen LogP contribution in [0, 0.1) is 0 Å². The monoisotopic (exact) mass is 436 g/mol. The summed E-state index contributed by atoms with van der Waals surface area (Å²) in [6.07, 6.45) is -9.26. The third-order valence-electron chi connectivity index (χ3n) is 5.19. The molecule has 2 aromatic rings. The Bertz CT molecular complexity index is 1010. The molecule has 31 heavy (non-hydrogen) atoms. The highest BCUT2D eigenvalue weighted by Crippen LogP contribution is 2.46. The molecule has 0 aromatic heterocycles. The van der Waals surface area contributed by atoms with Crippen molar-refractivity contribution in [3.05, 3.63) is 41.5 Å². The largest absolute Gasteiger partial charge is 0.508 e. The number of phenols is 4. The Kier molecular flexibility index (Phi) is 5.37. The number of hydrogen-bond acceptors (Lipinski definition) is 11. The van der Waals surface area contributed by atoms with Gasteiger partial charge in [0.25, 0.3) is 0 Å². The van der Waals surface area contributed by atoms with E-state index >= 15 is 0 Å². The molecule has 11 nitrogen and oxygen atoms in total. The SMILES string of the molecule is O=C1c2c(O)cc(O)cc2O[C@@H](c2cccc(O)c2O)[C@@H]1O[C@H]1OC[C@H](O)[C@@H](O)[C@H]1O. The number of para-hydroxylation sites is 1. The predicted octanol–water partition coefficient (Wildman–Crippen LogP) is -0.350. The van der Waals surface area contributed by atoms with Crippen molar-refractivity contribution in [2.24, 2.45) is 0 Å². The molecule has 1 fully saturated rings. The van der Waals surface area contributed by atoms with Crippen LogP contribution in [-0.4, -0.2) is 78.8 Å². The fourth-order valence-electron chi connectivity index (χ4n) is 3.59. The number of benzene rings is 2. The van der Waals surface area contributed by atoms with Crippen molar-refractivity contribution in [3.63, 3.8) is 0 Å². The third-order valence-corrected chi connectivity index (χ3v) is 5.19. The predicted molar refractivity (Wildman–Crippen MR) is 99.9 cm³/mol. The fraction of sp³-hybridized carbons (Fsp3) is 0.350. The van der Waals surface area contributed by atoms with Crippen LogP contribution < -0.4 is 4.74 Å². The van der Waals surface area contributed by atoms with Crippen LogP contribution in [-0.2, 0) is 9.47 Å². The minimum atomic E-state index is -1.72. The Morgan fingerprint density at radius 3 is 2.45 bits per heavy atom. The fourth-order valence-corrected chi connectivity index (χ4v) is 3.59. The maximum absolute atomic E-state index is 13.2. The molecule has 166 valence electrons. The van der Waals surface area contributed by atoms with Crippen LogP contribution in [0.1, 0.15) is 22.0 Å². The molecule has 6 atom stereocenters. The summed E-state index contributed by atoms with van der Waals surface area (Å²) in [5, 5.41) is 69.7. The lowest BCUT2D eigenvalue weighted by Gasteiger charge is -2.39. The van der Waals surface area contributed by atoms with Crippen molar-refractivity contribution in [3.8, 4) is 28.7 Å². The van der Waals surface area contributed by atoms with Crippen LogP contribution in [0.5, 0.6) is 28.7 Å². The zero-order valence-corrected chi connectivity index (χ0v) is 15.8. The van der Waals surface area contributed by atoms with Crippen molar-refractivity contribution in [2.75, 3.05) is 6.61 Å². The molecule has 0 radical (unpaired) electrons. The Balaban J connectivity index is 1.77. The van der Waals surface area contributed by atoms with Gasteiger partial charge in [-0.1, -0.05) is 12.1 Å². The quantitative estimate of drug-likeness (QED) is 0.312. The molecular formula is C20H20O11. The highest BCUT2D eigenvalue weighted by Gasteiger charge is 2.47. The maximum atomic E-state index is 13.2. The summed E-state index contributed by atoms with van der Waals surface area (Å²) in [4.78, 5) is 13.2. The average Bonchev–Trinajstić information content (AvgIpc) is 2.71. The normalized spacial score (nSPS) is 30.5. The van der Waals surface area contributed by atoms with Gasteiger partial charge in [0, 0.05) is 17.7 Å². The number of aliphatic hydroxyl groups is 3. The smallest absolute Gasteiger partial charge is 0.203 e. The molecule has 0 aliphatic carbocycles. The van der Waals surface area contributed by atoms with Gasteiger partial charge in [-0.15, -0.1) is 0 Å². The first-order chi connectivity index (χ1) is 14.7. The van der Waals surface area contributed by atoms with Gasteiger partial charge in [-0.25, -0.2) is 0 Å². The number of ketones is 1. The number of aliphatic hydroxyl groups excluding tert-OH is 3. The lowest BCUT2D eigenvalue weighted by atomic mass is 9.91. The molecule has 11 heteroatoms. The van der Waals surface area contributed by atoms with Gasteiger partial charge in [-0.2, -0.15) is 0 Å². The number of fused-ring (bicyclic) bond motifs is 1. The summed E-state index contributed by atoms with van der Waals surface area (Å²) in [6.45, 7) is -0.386. The molecule has 0 spiro atoms. The van der Waals surface area contributed by atoms with Crippen LogP contribution in [0.15, 0.2) is 30.3 Å². The minimum Gasteiger partial charge on any atom is -0.508 e. The number of ether oxygens (including phenoxy) is 3. The molecule has 0 amide bonds. The van der Waals surface area contributed by atoms with Crippen LogP contribution in [0.3, 0.4) is 0 Å². The minimum absolute atomic E-state index is 0.0577. The van der Waals surface area contributed by atoms with Gasteiger partial charge < -0.3 is 50.0 Å². The van der Waals surface area contributed by atoms with E-state index in [0.717, 1.165) is 12.1 Å². The first-order valence-electron chi connectivity index (χ1n) is 9.28. The summed E-state index contributed by atoms with van der Waals surface area (Å²) >= 11 is 0. The molecule has 4 rings (SSSR count). The van der Waals surface area contributed by atoms with Gasteiger partial charge >= 0.3 is 0 Å². The molecule has 2 aromatic carbocycles. The standard InChI is InChI=1S/C20H20O11/c21-7-4-10(23)13-12(5-7)30-18(8-2-1-3-9(22)14(8)25)19(16(13)27)31-20-17(28)15(26)11(24)6-29-20/h1-5,11,15,17-26,28H,6H2/t11-,15+,17+,18-,19+,20+/m0/s1. The summed E-state index contributed by atoms with van der Waals surface area (Å²) < 4.78 is 16.5. The third kappa shape index (κ3) is 3.62. The van der Waals surface area contributed by atoms with Gasteiger partial charge in [-0.05, 0) is 6.07 Å². The summed E-state index contributed by atoms with van der Waals surface area (Å²) in [6, 6.07) is 5.96. The van der Waals surface area contributed by atoms with Crippen LogP contribution in [0.2, 0.25) is 0 Å². The topological polar surface area (TPSA) is 186 Å². The average molecular weight is 436 g/mol. The highest BCUT2D eigenvalue weighted by atomic mass is 16.7. The number of rotatable bonds is 3. The highest BCUT2D eigenvalue weighted by molar-refractivity contribution is 6.05. The molecule has 0 saturated carbocycles. The van der Waals surface area contributed by atoms with Crippen molar-refractivity contribution in [1.29, 1.82) is 0 Å². The number of carbonyl (C=O) groups is 1. The van der Waals surface area contributed by atoms with Gasteiger partial charge in [0.15, 0.2) is 30.0 Å². The van der Waals surface area contributed by atoms with Gasteiger partial charge in [-0.3, -0.25) is 4.79 Å². The Morgan fingerprint density at radius 1 is 0.968 bits per heavy atom. The first kappa shape index (κ1) is 21.2. The second kappa shape index (κ2) is 7.87. The van der Waals surface area contributed by atoms with Gasteiger partial charge in [0.2, 0.25) is 5.78 Å². The number of hydrogen-bond donors (Lipinski definition) is 7. The van der Waals surface area contributed by atoms with E-state index in [1.165, 1.54) is 18.2 Å². The van der Waals surface area contributed by atoms with E-state index in [1.54, 1.807) is 0 Å². The van der Waals surface area contributed by atoms with Crippen LogP contribution >= 0.6 is 0 Å². The van der Waals surface area contributed by atoms with E-state index in [-0.39, 0.29) is 29.2 Å². The Hall–Kier alpha value is -3.09. The van der Waals surface area contributed by atoms with E-state index in [2.05, 4.69) is 0 Å². The van der Waals surface area contributed by atoms with Crippen LogP contribution in [0.4, 0.5) is 0 Å². The molecule has 0 unspecified atom stereocenters. The molecule has 2 aliphatic heterocycles. The lowest BCUT2D eigenvalue weighted by Crippen LogP contribution is -2.56. The summed E-state index contributed by atoms with van der Waals surface area (Å²) in [5.41, 5.74) is -0.373. The second-order valence-electron chi connectivity index (χ2n) is 7.26. The summed E-state index contributed by atoms with van der Waals surface area (Å²) in [7, 11) is 0. The first-order valence-corrected chi connectivity index (χ1v) is 9.28. The second-order valence-corrected chi connectivity index (χ2v) is 7.26. The van der Waals surface area contributed by atoms with E-state index in [1.807, 2.05) is 0 Å². The summed E-state index contributed by atoms with van der Waals surface area (Å²) in [5.74, 6) is -3.09. The molecule has 1 saturated heterocycles. The number of Topliss-reactive ketones (excluding diaryl/α,β-unsaturated/α-hetero) is 1. The van der Waals surface area contributed by atoms with E-state index in [4.69, 9.17) is 14.2 Å². The maximum Gasteiger partial charge on any atom is 0.203 e. The number of phenolic OH excluding ortho intramolecular Hbond substituents is 4. The van der Waals surface area contributed by atoms with E-state index < -0.39 is 59.8 Å². The Labute approximate surface area is 174 Å². The number of carbonyl (C=O) groups excluding carboxylic acids is 1. The van der Waals surface area contributed by atoms with Crippen molar-refractivity contribution in [2.45, 2.75) is 36.8 Å². The Morgan fingerprint density at radius 2 is 1.71 bits per heavy atom. The molecular weight excluding hydrogens is 416 g/mol. The van der Waals surface area contributed by atoms with Crippen LogP contribution in [0.25, 0.3) is 0 Å². The van der Waals surface area contributed by atoms with Gasteiger partial charge in [0.1, 0.15) is 41.1 Å². The lowest BCUT2D eigenvalue weighted by molar-refractivity contribution is -0.283. The van der Waals surface area contributed by atoms with E-state index in [0.29, 0.717) is 0 Å². The molecule has 2 aliphatic rings. The van der Waals surface area contributed by atoms with Gasteiger partial charge in [0.05, 0.1) is 6.61 Å². The van der Waals surface area contributed by atoms with Crippen molar-refractivity contribution in [1.82, 2.24) is 0 Å². The van der Waals surface area contributed by atoms with Crippen molar-refractivity contribution >= 4 is 5.78 Å². The zero-order valence-electron chi connectivity index (χ0n) is 15.8. The molecule has 7 N–H and O–H groups in total. The molecule has 0 bridgehead atoms. The number of aromatic hydroxyl groups is 4. The van der Waals surface area contributed by atoms with Crippen molar-refractivity contribution < 1.29 is 54.8 Å². The molecule has 2 heterocycles. The zero-order chi connectivity index (χ0) is 22.4. The van der Waals surface area contributed by atoms with E-state index in [9.17, 15) is 40.5 Å².